The fourth-order valence-electron chi connectivity index (χ4n) is 10.6. The number of nitrogens with one attached hydrogen (secondary N) is 2. The Labute approximate surface area is 408 Å². The van der Waals surface area contributed by atoms with E-state index in [1.165, 1.54) is 27.3 Å². The van der Waals surface area contributed by atoms with Crippen molar-refractivity contribution in [1.29, 1.82) is 0 Å². The number of aryl methyl sites for hydroxylation is 1. The predicted octanol–water partition coefficient (Wildman–Crippen LogP) is 5.77. The molecule has 3 aromatic heterocycles. The summed E-state index contributed by atoms with van der Waals surface area (Å²) < 4.78 is 20.1. The van der Waals surface area contributed by atoms with Crippen molar-refractivity contribution in [2.24, 2.45) is 11.3 Å². The van der Waals surface area contributed by atoms with Gasteiger partial charge in [-0.25, -0.2) is 15.2 Å². The molecule has 4 aliphatic heterocycles. The van der Waals surface area contributed by atoms with Gasteiger partial charge >= 0.3 is 12.0 Å². The van der Waals surface area contributed by atoms with Crippen molar-refractivity contribution in [3.63, 3.8) is 0 Å². The maximum atomic E-state index is 14.8. The number of fused-ring (bicyclic) bond motifs is 6. The van der Waals surface area contributed by atoms with Crippen molar-refractivity contribution >= 4 is 52.0 Å². The number of ether oxygens (including phenoxy) is 3. The largest absolute Gasteiger partial charge is 0.464 e. The van der Waals surface area contributed by atoms with E-state index in [1.807, 2.05) is 32.2 Å². The summed E-state index contributed by atoms with van der Waals surface area (Å²) in [6, 6.07) is 7.16. The van der Waals surface area contributed by atoms with Crippen LogP contribution < -0.4 is 10.7 Å². The minimum atomic E-state index is -1.11. The van der Waals surface area contributed by atoms with Gasteiger partial charge in [0.05, 0.1) is 53.6 Å². The highest BCUT2D eigenvalue weighted by atomic mass is 32.1. The standard InChI is InChI=1S/C51H67N9O8S/c1-10-42(61)57-21-18-51(28-57)30-67-23-22-59(51)49(65)56(8)44(31(3)4)46(62)54-38-25-41-53-39(27-69-41)33-16-17-40-35(24-33)36(45(58(40)11-2)34-14-12-19-52-43(34)32(5)66-9)26-50(6,7)29-68-48(64)37-15-13-20-60(55-37)47(38)63/h10,12,14,16-17,19,24,27,31-32,37-38,44,55H,1,11,13,15,18,20-23,25-26,28-30H2,2-9H3,(H,54,62)/t32-,37-,38-,44?,51+/m0/s1. The van der Waals surface area contributed by atoms with Gasteiger partial charge in [0.15, 0.2) is 0 Å². The van der Waals surface area contributed by atoms with Crippen LogP contribution in [0.25, 0.3) is 33.4 Å². The number of hydrogen-bond acceptors (Lipinski definition) is 12. The lowest BCUT2D eigenvalue weighted by molar-refractivity contribution is -0.155. The van der Waals surface area contributed by atoms with E-state index in [4.69, 9.17) is 24.2 Å². The van der Waals surface area contributed by atoms with E-state index in [-0.39, 0.29) is 43.6 Å². The van der Waals surface area contributed by atoms with Crippen LogP contribution in [0, 0.1) is 11.3 Å². The van der Waals surface area contributed by atoms with Crippen LogP contribution >= 0.6 is 11.3 Å². The number of urea groups is 1. The average Bonchev–Trinajstić information content (AvgIpc) is 4.08. The zero-order chi connectivity index (χ0) is 49.4. The van der Waals surface area contributed by atoms with E-state index >= 15 is 0 Å². The minimum absolute atomic E-state index is 0.0598. The van der Waals surface area contributed by atoms with Crippen molar-refractivity contribution in [2.45, 2.75) is 110 Å². The number of cyclic esters (lactones) is 1. The Kier molecular flexibility index (Phi) is 14.7. The van der Waals surface area contributed by atoms with Crippen molar-refractivity contribution in [3.05, 3.63) is 70.8 Å². The molecule has 5 atom stereocenters. The molecular formula is C51H67N9O8S. The Hall–Kier alpha value is -5.69. The topological polar surface area (TPSA) is 181 Å². The van der Waals surface area contributed by atoms with Crippen molar-refractivity contribution in [2.75, 3.05) is 60.2 Å². The number of methoxy groups -OCH3 is 1. The van der Waals surface area contributed by atoms with E-state index in [1.54, 1.807) is 30.2 Å². The third-order valence-corrected chi connectivity index (χ3v) is 15.1. The number of aromatic nitrogens is 3. The molecule has 17 nitrogen and oxygen atoms in total. The molecule has 6 bridgehead atoms. The first-order chi connectivity index (χ1) is 33.0. The molecule has 1 aromatic carbocycles. The first-order valence-corrected chi connectivity index (χ1v) is 25.0. The molecule has 3 saturated heterocycles. The number of carbonyl (C=O) groups excluding carboxylic acids is 5. The molecule has 0 aliphatic carbocycles. The van der Waals surface area contributed by atoms with Gasteiger partial charge in [0.2, 0.25) is 11.8 Å². The first kappa shape index (κ1) is 49.7. The fourth-order valence-corrected chi connectivity index (χ4v) is 11.5. The van der Waals surface area contributed by atoms with Gasteiger partial charge in [0.25, 0.3) is 5.91 Å². The molecule has 1 unspecified atom stereocenters. The first-order valence-electron chi connectivity index (χ1n) is 24.2. The molecule has 5 amide bonds. The van der Waals surface area contributed by atoms with E-state index in [0.717, 1.165) is 44.7 Å². The third kappa shape index (κ3) is 9.90. The number of morpholine rings is 1. The predicted molar refractivity (Wildman–Crippen MR) is 263 cm³/mol. The lowest BCUT2D eigenvalue weighted by atomic mass is 9.84. The molecule has 0 saturated carbocycles. The second kappa shape index (κ2) is 20.3. The number of likely N-dealkylation sites (N-methyl/N-ethyl adjacent to an activating group) is 1. The van der Waals surface area contributed by atoms with Gasteiger partial charge in [0, 0.05) is 92.3 Å². The van der Waals surface area contributed by atoms with Gasteiger partial charge < -0.3 is 38.8 Å². The number of benzene rings is 1. The Morgan fingerprint density at radius 3 is 2.67 bits per heavy atom. The number of amides is 5. The molecule has 7 heterocycles. The molecule has 18 heteroatoms. The van der Waals surface area contributed by atoms with Gasteiger partial charge in [-0.2, -0.15) is 0 Å². The number of nitrogens with zero attached hydrogens (tertiary/aromatic N) is 7. The maximum Gasteiger partial charge on any atom is 0.324 e. The monoisotopic (exact) mass is 965 g/mol. The molecular weight excluding hydrogens is 899 g/mol. The van der Waals surface area contributed by atoms with Crippen LogP contribution in [0.1, 0.15) is 83.2 Å². The third-order valence-electron chi connectivity index (χ3n) is 14.2. The van der Waals surface area contributed by atoms with Crippen molar-refractivity contribution in [1.82, 2.24) is 45.0 Å². The molecule has 4 aromatic rings. The lowest BCUT2D eigenvalue weighted by Crippen LogP contribution is -2.66. The van der Waals surface area contributed by atoms with Crippen LogP contribution in [0.15, 0.2) is 54.6 Å². The van der Waals surface area contributed by atoms with Crippen LogP contribution in [0.3, 0.4) is 0 Å². The molecule has 370 valence electrons. The average molecular weight is 966 g/mol. The minimum Gasteiger partial charge on any atom is -0.464 e. The number of pyridine rings is 1. The van der Waals surface area contributed by atoms with Crippen LogP contribution in [0.2, 0.25) is 0 Å². The summed E-state index contributed by atoms with van der Waals surface area (Å²) in [7, 11) is 3.29. The van der Waals surface area contributed by atoms with Crippen LogP contribution in [0.5, 0.6) is 0 Å². The van der Waals surface area contributed by atoms with Gasteiger partial charge in [0.1, 0.15) is 18.1 Å². The van der Waals surface area contributed by atoms with Gasteiger partial charge in [-0.3, -0.25) is 29.2 Å². The Morgan fingerprint density at radius 2 is 1.93 bits per heavy atom. The number of esters is 1. The zero-order valence-electron chi connectivity index (χ0n) is 41.2. The zero-order valence-corrected chi connectivity index (χ0v) is 42.0. The molecule has 1 spiro atoms. The summed E-state index contributed by atoms with van der Waals surface area (Å²) in [6.45, 7) is 18.4. The molecule has 8 rings (SSSR count). The summed E-state index contributed by atoms with van der Waals surface area (Å²) in [6.07, 6.45) is 4.94. The Morgan fingerprint density at radius 1 is 1.13 bits per heavy atom. The molecule has 4 aliphatic rings. The molecule has 0 radical (unpaired) electrons. The number of hydrogen-bond donors (Lipinski definition) is 2. The highest BCUT2D eigenvalue weighted by molar-refractivity contribution is 7.10. The molecule has 2 N–H and O–H groups in total. The lowest BCUT2D eigenvalue weighted by Gasteiger charge is -2.47. The second-order valence-electron chi connectivity index (χ2n) is 20.0. The fraction of sp³-hybridized carbons (Fsp3) is 0.549. The number of rotatable bonds is 9. The summed E-state index contributed by atoms with van der Waals surface area (Å²) in [4.78, 5) is 85.4. The highest BCUT2D eigenvalue weighted by Crippen LogP contribution is 2.42. The summed E-state index contributed by atoms with van der Waals surface area (Å²) in [5, 5.41) is 8.12. The molecule has 69 heavy (non-hydrogen) atoms. The number of thiazole rings is 1. The summed E-state index contributed by atoms with van der Waals surface area (Å²) >= 11 is 1.40. The Balaban J connectivity index is 1.15. The van der Waals surface area contributed by atoms with Gasteiger partial charge in [-0.15, -0.1) is 11.3 Å². The molecule has 3 fully saturated rings. The Bertz CT molecular complexity index is 2610. The van der Waals surface area contributed by atoms with E-state index in [9.17, 15) is 24.0 Å². The van der Waals surface area contributed by atoms with E-state index in [2.05, 4.69) is 66.9 Å². The van der Waals surface area contributed by atoms with Crippen LogP contribution in [-0.2, 0) is 52.8 Å². The quantitative estimate of drug-likeness (QED) is 0.154. The van der Waals surface area contributed by atoms with Gasteiger partial charge in [-0.05, 0) is 81.4 Å². The number of hydrazine groups is 1. The van der Waals surface area contributed by atoms with Gasteiger partial charge in [-0.1, -0.05) is 40.3 Å². The maximum absolute atomic E-state index is 14.8. The summed E-state index contributed by atoms with van der Waals surface area (Å²) in [5.41, 5.74) is 8.47. The van der Waals surface area contributed by atoms with E-state index < -0.39 is 46.9 Å². The van der Waals surface area contributed by atoms with Crippen LogP contribution in [-0.4, -0.2) is 148 Å². The van der Waals surface area contributed by atoms with Crippen molar-refractivity contribution < 1.29 is 38.2 Å². The highest BCUT2D eigenvalue weighted by Gasteiger charge is 2.50. The van der Waals surface area contributed by atoms with Crippen molar-refractivity contribution in [3.8, 4) is 22.5 Å². The van der Waals surface area contributed by atoms with Crippen LogP contribution in [0.4, 0.5) is 4.79 Å². The van der Waals surface area contributed by atoms with E-state index in [0.29, 0.717) is 70.0 Å². The smallest absolute Gasteiger partial charge is 0.324 e. The number of likely N-dealkylation sites (tertiary alicyclic amines) is 1. The normalized spacial score (nSPS) is 22.9. The SMILES string of the molecule is C=CC(=O)N1CC[C@]2(COCCN2C(=O)N(C)C(C(=O)N[C@H]2Cc3nc(cs3)-c3ccc4c(c3)c(c(-c3cccnc3[C@H](C)OC)n4CC)CC(C)(C)COC(=O)[C@@H]3CCCN(N3)C2=O)C(C)C)C1. The summed E-state index contributed by atoms with van der Waals surface area (Å²) in [5.74, 6) is -1.97. The number of carbonyl (C=O) groups is 5. The second-order valence-corrected chi connectivity index (χ2v) is 20.9.